The van der Waals surface area contributed by atoms with E-state index in [0.29, 0.717) is 5.69 Å². The lowest BCUT2D eigenvalue weighted by atomic mass is 9.99. The van der Waals surface area contributed by atoms with Crippen molar-refractivity contribution in [1.29, 1.82) is 0 Å². The van der Waals surface area contributed by atoms with Gasteiger partial charge in [0.25, 0.3) is 0 Å². The summed E-state index contributed by atoms with van der Waals surface area (Å²) < 4.78 is 4.85. The van der Waals surface area contributed by atoms with Gasteiger partial charge in [-0.15, -0.1) is 0 Å². The zero-order valence-corrected chi connectivity index (χ0v) is 16.0. The molecule has 2 aliphatic rings. The van der Waals surface area contributed by atoms with E-state index in [1.165, 1.54) is 29.4 Å². The maximum atomic E-state index is 12.8. The molecule has 7 nitrogen and oxygen atoms in total. The Bertz CT molecular complexity index is 866. The Labute approximate surface area is 163 Å². The molecule has 2 aromatic rings. The summed E-state index contributed by atoms with van der Waals surface area (Å²) in [5.41, 5.74) is 6.75. The van der Waals surface area contributed by atoms with E-state index in [-0.39, 0.29) is 6.42 Å². The first-order valence-electron chi connectivity index (χ1n) is 9.72. The number of methoxy groups -OCH3 is 1. The Morgan fingerprint density at radius 1 is 1.11 bits per heavy atom. The normalized spacial score (nSPS) is 15.5. The van der Waals surface area contributed by atoms with E-state index < -0.39 is 18.0 Å². The molecule has 1 atom stereocenters. The molecule has 2 amide bonds. The van der Waals surface area contributed by atoms with Crippen molar-refractivity contribution in [3.63, 3.8) is 0 Å². The van der Waals surface area contributed by atoms with Gasteiger partial charge in [-0.05, 0) is 60.8 Å². The number of carbonyl (C=O) groups is 2. The van der Waals surface area contributed by atoms with Gasteiger partial charge in [-0.2, -0.15) is 0 Å². The average molecular weight is 380 g/mol. The summed E-state index contributed by atoms with van der Waals surface area (Å²) in [6.07, 6.45) is 11.3. The van der Waals surface area contributed by atoms with E-state index in [1.807, 2.05) is 0 Å². The first-order chi connectivity index (χ1) is 13.7. The molecule has 0 radical (unpaired) electrons. The SMILES string of the molecule is COC(=O)[C@@H](Cc1cnccn1)NC(=O)Nc1c2c(cc3c1CCC3)CCC2. The third-order valence-electron chi connectivity index (χ3n) is 5.53. The lowest BCUT2D eigenvalue weighted by molar-refractivity contribution is -0.142. The van der Waals surface area contributed by atoms with Crippen LogP contribution in [0.25, 0.3) is 0 Å². The fourth-order valence-electron chi connectivity index (χ4n) is 4.26. The van der Waals surface area contributed by atoms with Crippen LogP contribution >= 0.6 is 0 Å². The minimum atomic E-state index is -0.827. The molecule has 1 aromatic carbocycles. The lowest BCUT2D eigenvalue weighted by Gasteiger charge is -2.19. The Morgan fingerprint density at radius 3 is 2.43 bits per heavy atom. The largest absolute Gasteiger partial charge is 0.467 e. The van der Waals surface area contributed by atoms with E-state index in [1.54, 1.807) is 18.6 Å². The van der Waals surface area contributed by atoms with Crippen molar-refractivity contribution in [2.45, 2.75) is 51.0 Å². The predicted molar refractivity (Wildman–Crippen MR) is 104 cm³/mol. The van der Waals surface area contributed by atoms with Crippen LogP contribution in [0, 0.1) is 0 Å². The molecule has 0 aliphatic heterocycles. The van der Waals surface area contributed by atoms with E-state index in [2.05, 4.69) is 26.7 Å². The Morgan fingerprint density at radius 2 is 1.82 bits per heavy atom. The van der Waals surface area contributed by atoms with Gasteiger partial charge in [0, 0.05) is 30.7 Å². The summed E-state index contributed by atoms with van der Waals surface area (Å²) >= 11 is 0. The Kier molecular flexibility index (Phi) is 5.23. The molecule has 2 N–H and O–H groups in total. The summed E-state index contributed by atoms with van der Waals surface area (Å²) in [5, 5.41) is 5.80. The smallest absolute Gasteiger partial charge is 0.328 e. The van der Waals surface area contributed by atoms with Gasteiger partial charge < -0.3 is 15.4 Å². The number of aromatic nitrogens is 2. The third-order valence-corrected chi connectivity index (χ3v) is 5.53. The van der Waals surface area contributed by atoms with Crippen LogP contribution in [-0.4, -0.2) is 35.1 Å². The monoisotopic (exact) mass is 380 g/mol. The topological polar surface area (TPSA) is 93.2 Å². The highest BCUT2D eigenvalue weighted by Crippen LogP contribution is 2.38. The molecule has 1 heterocycles. The number of aryl methyl sites for hydroxylation is 2. The third kappa shape index (κ3) is 3.69. The van der Waals surface area contributed by atoms with Crippen molar-refractivity contribution in [2.75, 3.05) is 12.4 Å². The van der Waals surface area contributed by atoms with E-state index in [9.17, 15) is 9.59 Å². The number of nitrogens with zero attached hydrogens (tertiary/aromatic N) is 2. The van der Waals surface area contributed by atoms with Gasteiger partial charge in [0.1, 0.15) is 6.04 Å². The molecule has 0 bridgehead atoms. The second kappa shape index (κ2) is 7.96. The molecule has 4 rings (SSSR count). The van der Waals surface area contributed by atoms with Crippen molar-refractivity contribution in [1.82, 2.24) is 15.3 Å². The molecule has 0 fully saturated rings. The molecule has 0 saturated heterocycles. The number of fused-ring (bicyclic) bond motifs is 2. The van der Waals surface area contributed by atoms with Crippen LogP contribution in [0.1, 0.15) is 40.8 Å². The number of ether oxygens (including phenoxy) is 1. The first-order valence-corrected chi connectivity index (χ1v) is 9.72. The number of anilines is 1. The summed E-state index contributed by atoms with van der Waals surface area (Å²) in [7, 11) is 1.31. The number of esters is 1. The predicted octanol–water partition coefficient (Wildman–Crippen LogP) is 2.36. The molecule has 0 saturated carbocycles. The zero-order valence-electron chi connectivity index (χ0n) is 16.0. The second-order valence-corrected chi connectivity index (χ2v) is 7.31. The standard InChI is InChI=1S/C21H24N4O3/c1-28-20(26)18(11-15-12-22-8-9-23-15)24-21(27)25-19-16-6-2-4-13(16)10-14-5-3-7-17(14)19/h8-10,12,18H,2-7,11H2,1H3,(H2,24,25,27)/t18-/m1/s1. The van der Waals surface area contributed by atoms with Crippen LogP contribution in [0.2, 0.25) is 0 Å². The van der Waals surface area contributed by atoms with Gasteiger partial charge in [0.15, 0.2) is 0 Å². The quantitative estimate of drug-likeness (QED) is 0.777. The van der Waals surface area contributed by atoms with Gasteiger partial charge in [0.2, 0.25) is 0 Å². The van der Waals surface area contributed by atoms with E-state index in [4.69, 9.17) is 4.74 Å². The number of benzene rings is 1. The fourth-order valence-corrected chi connectivity index (χ4v) is 4.26. The highest BCUT2D eigenvalue weighted by Gasteiger charge is 2.27. The average Bonchev–Trinajstić information content (AvgIpc) is 3.36. The van der Waals surface area contributed by atoms with Gasteiger partial charge in [-0.25, -0.2) is 9.59 Å². The molecular weight excluding hydrogens is 356 g/mol. The maximum absolute atomic E-state index is 12.8. The van der Waals surface area contributed by atoms with Crippen LogP contribution in [0.4, 0.5) is 10.5 Å². The number of nitrogens with one attached hydrogen (secondary N) is 2. The molecule has 2 aliphatic carbocycles. The van der Waals surface area contributed by atoms with Crippen LogP contribution in [0.15, 0.2) is 24.7 Å². The number of amides is 2. The van der Waals surface area contributed by atoms with Crippen LogP contribution in [0.3, 0.4) is 0 Å². The highest BCUT2D eigenvalue weighted by molar-refractivity contribution is 5.94. The molecular formula is C21H24N4O3. The van der Waals surface area contributed by atoms with E-state index in [0.717, 1.165) is 44.2 Å². The Hall–Kier alpha value is -2.96. The van der Waals surface area contributed by atoms with Gasteiger partial charge >= 0.3 is 12.0 Å². The van der Waals surface area contributed by atoms with Crippen LogP contribution in [0.5, 0.6) is 0 Å². The van der Waals surface area contributed by atoms with Crippen molar-refractivity contribution < 1.29 is 14.3 Å². The molecule has 146 valence electrons. The summed E-state index contributed by atoms with van der Waals surface area (Å²) in [4.78, 5) is 33.1. The summed E-state index contributed by atoms with van der Waals surface area (Å²) in [6, 6.07) is 1.10. The summed E-state index contributed by atoms with van der Waals surface area (Å²) in [5.74, 6) is -0.510. The van der Waals surface area contributed by atoms with Crippen molar-refractivity contribution in [3.05, 3.63) is 52.6 Å². The second-order valence-electron chi connectivity index (χ2n) is 7.31. The molecule has 0 spiro atoms. The number of hydrogen-bond donors (Lipinski definition) is 2. The van der Waals surface area contributed by atoms with Gasteiger partial charge in [-0.1, -0.05) is 6.07 Å². The van der Waals surface area contributed by atoms with E-state index >= 15 is 0 Å². The minimum absolute atomic E-state index is 0.221. The number of carbonyl (C=O) groups excluding carboxylic acids is 2. The lowest BCUT2D eigenvalue weighted by Crippen LogP contribution is -2.45. The number of urea groups is 1. The molecule has 1 aromatic heterocycles. The zero-order chi connectivity index (χ0) is 19.5. The molecule has 0 unspecified atom stereocenters. The maximum Gasteiger partial charge on any atom is 0.328 e. The van der Waals surface area contributed by atoms with Crippen LogP contribution in [-0.2, 0) is 41.6 Å². The highest BCUT2D eigenvalue weighted by atomic mass is 16.5. The molecule has 28 heavy (non-hydrogen) atoms. The van der Waals surface area contributed by atoms with Gasteiger partial charge in [-0.3, -0.25) is 9.97 Å². The van der Waals surface area contributed by atoms with Crippen molar-refractivity contribution >= 4 is 17.7 Å². The summed E-state index contributed by atoms with van der Waals surface area (Å²) in [6.45, 7) is 0. The Balaban J connectivity index is 1.52. The minimum Gasteiger partial charge on any atom is -0.467 e. The van der Waals surface area contributed by atoms with Crippen LogP contribution < -0.4 is 10.6 Å². The van der Waals surface area contributed by atoms with Gasteiger partial charge in [0.05, 0.1) is 12.8 Å². The number of rotatable bonds is 5. The fraction of sp³-hybridized carbons (Fsp3) is 0.429. The van der Waals surface area contributed by atoms with Crippen molar-refractivity contribution in [2.24, 2.45) is 0 Å². The first kappa shape index (κ1) is 18.4. The number of hydrogen-bond acceptors (Lipinski definition) is 5. The van der Waals surface area contributed by atoms with Crippen molar-refractivity contribution in [3.8, 4) is 0 Å². The molecule has 7 heteroatoms.